The molecule has 3 amide bonds. The van der Waals surface area contributed by atoms with Crippen molar-refractivity contribution in [1.82, 2.24) is 24.9 Å². The molecule has 0 bridgehead atoms. The van der Waals surface area contributed by atoms with Crippen LogP contribution in [0.3, 0.4) is 0 Å². The molecule has 2 aromatic carbocycles. The van der Waals surface area contributed by atoms with Crippen LogP contribution in [-0.4, -0.2) is 56.4 Å². The molecule has 3 heterocycles. The van der Waals surface area contributed by atoms with E-state index in [0.717, 1.165) is 30.4 Å². The molecule has 9 heteroatoms. The quantitative estimate of drug-likeness (QED) is 0.559. The van der Waals surface area contributed by atoms with Gasteiger partial charge in [-0.25, -0.2) is 4.39 Å². The molecule has 1 atom stereocenters. The van der Waals surface area contributed by atoms with Crippen LogP contribution in [0.5, 0.6) is 0 Å². The Hall–Kier alpha value is -4.01. The first-order chi connectivity index (χ1) is 18.0. The SMILES string of the molecule is O=C(NCc1ccc(F)cc1)[C@@H]1CCCCN1C(=O)c1cc2n(n1)CCCN(Cc1ccccc1)C2=O. The lowest BCUT2D eigenvalue weighted by Gasteiger charge is -2.34. The number of piperidine rings is 1. The standard InChI is InChI=1S/C28H30FN5O3/c29-22-12-10-20(11-13-22)18-30-26(35)24-9-4-5-15-33(24)27(36)23-17-25-28(37)32(14-6-16-34(25)31-23)19-21-7-2-1-3-8-21/h1-3,7-8,10-13,17,24H,4-6,9,14-16,18-19H2,(H,30,35)/t24-/m0/s1. The fourth-order valence-corrected chi connectivity index (χ4v) is 5.00. The van der Waals surface area contributed by atoms with Gasteiger partial charge in [-0.3, -0.25) is 19.1 Å². The topological polar surface area (TPSA) is 87.5 Å². The van der Waals surface area contributed by atoms with Gasteiger partial charge in [-0.05, 0) is 48.9 Å². The largest absolute Gasteiger partial charge is 0.350 e. The number of likely N-dealkylation sites (tertiary alicyclic amines) is 1. The maximum atomic E-state index is 13.5. The minimum Gasteiger partial charge on any atom is -0.350 e. The van der Waals surface area contributed by atoms with E-state index in [-0.39, 0.29) is 35.8 Å². The second kappa shape index (κ2) is 10.9. The summed E-state index contributed by atoms with van der Waals surface area (Å²) < 4.78 is 14.8. The fourth-order valence-electron chi connectivity index (χ4n) is 5.00. The Labute approximate surface area is 215 Å². The van der Waals surface area contributed by atoms with Gasteiger partial charge in [-0.15, -0.1) is 0 Å². The van der Waals surface area contributed by atoms with E-state index in [9.17, 15) is 18.8 Å². The summed E-state index contributed by atoms with van der Waals surface area (Å²) in [5.41, 5.74) is 2.40. The highest BCUT2D eigenvalue weighted by Crippen LogP contribution is 2.22. The lowest BCUT2D eigenvalue weighted by Crippen LogP contribution is -2.51. The number of fused-ring (bicyclic) bond motifs is 1. The van der Waals surface area contributed by atoms with Crippen molar-refractivity contribution in [2.45, 2.75) is 51.4 Å². The zero-order chi connectivity index (χ0) is 25.8. The molecule has 1 saturated heterocycles. The molecule has 37 heavy (non-hydrogen) atoms. The minimum atomic E-state index is -0.617. The number of hydrogen-bond donors (Lipinski definition) is 1. The van der Waals surface area contributed by atoms with E-state index in [2.05, 4.69) is 10.4 Å². The highest BCUT2D eigenvalue weighted by Gasteiger charge is 2.35. The number of halogens is 1. The molecule has 8 nitrogen and oxygen atoms in total. The summed E-state index contributed by atoms with van der Waals surface area (Å²) >= 11 is 0. The van der Waals surface area contributed by atoms with E-state index in [4.69, 9.17) is 0 Å². The third kappa shape index (κ3) is 5.55. The number of aromatic nitrogens is 2. The van der Waals surface area contributed by atoms with E-state index in [1.807, 2.05) is 30.3 Å². The lowest BCUT2D eigenvalue weighted by molar-refractivity contribution is -0.126. The Morgan fingerprint density at radius 1 is 0.946 bits per heavy atom. The molecule has 192 valence electrons. The Morgan fingerprint density at radius 2 is 1.73 bits per heavy atom. The van der Waals surface area contributed by atoms with Crippen molar-refractivity contribution in [3.63, 3.8) is 0 Å². The molecule has 3 aromatic rings. The van der Waals surface area contributed by atoms with E-state index in [0.29, 0.717) is 38.3 Å². The maximum absolute atomic E-state index is 13.5. The first-order valence-corrected chi connectivity index (χ1v) is 12.7. The van der Waals surface area contributed by atoms with Gasteiger partial charge in [0.1, 0.15) is 17.6 Å². The molecule has 0 aliphatic carbocycles. The van der Waals surface area contributed by atoms with E-state index in [1.165, 1.54) is 12.1 Å². The van der Waals surface area contributed by atoms with Crippen LogP contribution in [0.4, 0.5) is 4.39 Å². The summed E-state index contributed by atoms with van der Waals surface area (Å²) in [6.45, 7) is 2.35. The summed E-state index contributed by atoms with van der Waals surface area (Å²) in [5.74, 6) is -1.08. The molecule has 0 radical (unpaired) electrons. The zero-order valence-electron chi connectivity index (χ0n) is 20.6. The Morgan fingerprint density at radius 3 is 2.51 bits per heavy atom. The highest BCUT2D eigenvalue weighted by atomic mass is 19.1. The second-order valence-corrected chi connectivity index (χ2v) is 9.56. The van der Waals surface area contributed by atoms with Gasteiger partial charge in [-0.1, -0.05) is 42.5 Å². The summed E-state index contributed by atoms with van der Waals surface area (Å²) in [6, 6.07) is 16.7. The summed E-state index contributed by atoms with van der Waals surface area (Å²) in [7, 11) is 0. The number of benzene rings is 2. The van der Waals surface area contributed by atoms with Crippen LogP contribution in [0.15, 0.2) is 60.7 Å². The minimum absolute atomic E-state index is 0.153. The van der Waals surface area contributed by atoms with Crippen LogP contribution in [-0.2, 0) is 24.4 Å². The molecule has 1 aromatic heterocycles. The number of nitrogens with one attached hydrogen (secondary N) is 1. The van der Waals surface area contributed by atoms with Gasteiger partial charge in [0.2, 0.25) is 5.91 Å². The Bertz CT molecular complexity index is 1270. The van der Waals surface area contributed by atoms with Crippen LogP contribution >= 0.6 is 0 Å². The zero-order valence-corrected chi connectivity index (χ0v) is 20.6. The molecule has 1 fully saturated rings. The van der Waals surface area contributed by atoms with Gasteiger partial charge in [0.15, 0.2) is 5.69 Å². The second-order valence-electron chi connectivity index (χ2n) is 9.56. The fraction of sp³-hybridized carbons (Fsp3) is 0.357. The van der Waals surface area contributed by atoms with E-state index >= 15 is 0 Å². The van der Waals surface area contributed by atoms with Gasteiger partial charge >= 0.3 is 0 Å². The van der Waals surface area contributed by atoms with Crippen LogP contribution in [0.2, 0.25) is 0 Å². The van der Waals surface area contributed by atoms with Crippen molar-refractivity contribution in [1.29, 1.82) is 0 Å². The van der Waals surface area contributed by atoms with Crippen molar-refractivity contribution in [2.75, 3.05) is 13.1 Å². The van der Waals surface area contributed by atoms with Gasteiger partial charge in [-0.2, -0.15) is 5.10 Å². The summed E-state index contributed by atoms with van der Waals surface area (Å²) in [4.78, 5) is 43.2. The molecule has 1 N–H and O–H groups in total. The van der Waals surface area contributed by atoms with Crippen molar-refractivity contribution >= 4 is 17.7 Å². The van der Waals surface area contributed by atoms with Gasteiger partial charge in [0, 0.05) is 38.8 Å². The van der Waals surface area contributed by atoms with Gasteiger partial charge < -0.3 is 15.1 Å². The maximum Gasteiger partial charge on any atom is 0.275 e. The van der Waals surface area contributed by atoms with E-state index in [1.54, 1.807) is 32.7 Å². The Balaban J connectivity index is 1.29. The van der Waals surface area contributed by atoms with E-state index < -0.39 is 6.04 Å². The average molecular weight is 504 g/mol. The number of carbonyl (C=O) groups is 3. The van der Waals surface area contributed by atoms with Gasteiger partial charge in [0.05, 0.1) is 0 Å². The molecule has 0 saturated carbocycles. The number of aryl methyl sites for hydroxylation is 1. The van der Waals surface area contributed by atoms with Crippen molar-refractivity contribution in [3.05, 3.63) is 89.0 Å². The van der Waals surface area contributed by atoms with Crippen molar-refractivity contribution < 1.29 is 18.8 Å². The molecular weight excluding hydrogens is 473 g/mol. The molecule has 0 unspecified atom stereocenters. The van der Waals surface area contributed by atoms with Crippen LogP contribution < -0.4 is 5.32 Å². The third-order valence-electron chi connectivity index (χ3n) is 6.97. The monoisotopic (exact) mass is 503 g/mol. The van der Waals surface area contributed by atoms with Crippen LogP contribution in [0, 0.1) is 5.82 Å². The van der Waals surface area contributed by atoms with Crippen molar-refractivity contribution in [3.8, 4) is 0 Å². The smallest absolute Gasteiger partial charge is 0.275 e. The van der Waals surface area contributed by atoms with Crippen LogP contribution in [0.1, 0.15) is 57.8 Å². The molecular formula is C28H30FN5O3. The molecule has 0 spiro atoms. The molecule has 5 rings (SSSR count). The first kappa shape index (κ1) is 24.7. The van der Waals surface area contributed by atoms with Crippen LogP contribution in [0.25, 0.3) is 0 Å². The summed E-state index contributed by atoms with van der Waals surface area (Å²) in [6.07, 6.45) is 2.92. The lowest BCUT2D eigenvalue weighted by atomic mass is 10.0. The molecule has 2 aliphatic heterocycles. The van der Waals surface area contributed by atoms with Gasteiger partial charge in [0.25, 0.3) is 11.8 Å². The predicted octanol–water partition coefficient (Wildman–Crippen LogP) is 3.38. The number of rotatable bonds is 6. The van der Waals surface area contributed by atoms with Crippen molar-refractivity contribution in [2.24, 2.45) is 0 Å². The number of carbonyl (C=O) groups excluding carboxylic acids is 3. The normalized spacial score (nSPS) is 17.8. The predicted molar refractivity (Wildman–Crippen MR) is 135 cm³/mol. The number of amides is 3. The number of hydrogen-bond acceptors (Lipinski definition) is 4. The Kier molecular flexibility index (Phi) is 7.30. The number of nitrogens with zero attached hydrogens (tertiary/aromatic N) is 4. The average Bonchev–Trinajstić information content (AvgIpc) is 3.30. The third-order valence-corrected chi connectivity index (χ3v) is 6.97. The molecule has 2 aliphatic rings. The summed E-state index contributed by atoms with van der Waals surface area (Å²) in [5, 5.41) is 7.36. The first-order valence-electron chi connectivity index (χ1n) is 12.7. The highest BCUT2D eigenvalue weighted by molar-refractivity contribution is 5.99.